The minimum absolute atomic E-state index is 0.160. The monoisotopic (exact) mass is 290 g/mol. The van der Waals surface area contributed by atoms with Crippen LogP contribution in [-0.4, -0.2) is 47.4 Å². The lowest BCUT2D eigenvalue weighted by atomic mass is 10.2. The number of amidine groups is 1. The lowest BCUT2D eigenvalue weighted by Gasteiger charge is -2.27. The van der Waals surface area contributed by atoms with Crippen LogP contribution in [0.2, 0.25) is 0 Å². The maximum absolute atomic E-state index is 11.9. The van der Waals surface area contributed by atoms with E-state index in [4.69, 9.17) is 4.74 Å². The quantitative estimate of drug-likeness (QED) is 0.798. The number of phenols is 1. The summed E-state index contributed by atoms with van der Waals surface area (Å²) in [6.07, 6.45) is 1.68. The number of amides is 1. The molecule has 20 heavy (non-hydrogen) atoms. The summed E-state index contributed by atoms with van der Waals surface area (Å²) in [7, 11) is 0. The smallest absolute Gasteiger partial charge is 0.286 e. The molecule has 0 saturated carbocycles. The van der Waals surface area contributed by atoms with Crippen LogP contribution < -0.4 is 0 Å². The number of ether oxygens (including phenoxy) is 1. The Morgan fingerprint density at radius 2 is 2.05 bits per heavy atom. The number of hydrogen-bond acceptors (Lipinski definition) is 5. The number of phenolic OH excluding ortho intramolecular Hbond substituents is 1. The third kappa shape index (κ3) is 2.71. The largest absolute Gasteiger partial charge is 0.507 e. The summed E-state index contributed by atoms with van der Waals surface area (Å²) in [4.78, 5) is 18.6. The van der Waals surface area contributed by atoms with Crippen molar-refractivity contribution in [1.29, 1.82) is 0 Å². The van der Waals surface area contributed by atoms with Crippen molar-refractivity contribution in [2.75, 3.05) is 26.3 Å². The van der Waals surface area contributed by atoms with Gasteiger partial charge in [0.05, 0.1) is 18.1 Å². The number of aliphatic imine (C=N–C) groups is 1. The topological polar surface area (TPSA) is 62.1 Å². The Bertz CT molecular complexity index is 592. The molecule has 1 amide bonds. The first-order chi connectivity index (χ1) is 9.74. The SMILES string of the molecule is O=C1N=C(N2CCOCC2)S/C1=C\c1ccccc1O. The van der Waals surface area contributed by atoms with Crippen LogP contribution in [0.3, 0.4) is 0 Å². The van der Waals surface area contributed by atoms with Crippen molar-refractivity contribution in [3.8, 4) is 5.75 Å². The van der Waals surface area contributed by atoms with Gasteiger partial charge < -0.3 is 14.7 Å². The van der Waals surface area contributed by atoms with E-state index in [1.54, 1.807) is 24.3 Å². The fourth-order valence-electron chi connectivity index (χ4n) is 2.04. The van der Waals surface area contributed by atoms with E-state index in [0.29, 0.717) is 23.7 Å². The molecule has 5 nitrogen and oxygen atoms in total. The molecule has 1 fully saturated rings. The Balaban J connectivity index is 1.78. The highest BCUT2D eigenvalue weighted by Gasteiger charge is 2.27. The van der Waals surface area contributed by atoms with E-state index < -0.39 is 0 Å². The van der Waals surface area contributed by atoms with Crippen molar-refractivity contribution in [3.05, 3.63) is 34.7 Å². The number of nitrogens with zero attached hydrogens (tertiary/aromatic N) is 2. The highest BCUT2D eigenvalue weighted by molar-refractivity contribution is 8.18. The van der Waals surface area contributed by atoms with Crippen molar-refractivity contribution in [2.24, 2.45) is 4.99 Å². The zero-order chi connectivity index (χ0) is 13.9. The number of benzene rings is 1. The van der Waals surface area contributed by atoms with Gasteiger partial charge in [-0.25, -0.2) is 0 Å². The third-order valence-electron chi connectivity index (χ3n) is 3.11. The maximum Gasteiger partial charge on any atom is 0.286 e. The van der Waals surface area contributed by atoms with Crippen LogP contribution >= 0.6 is 11.8 Å². The number of aromatic hydroxyl groups is 1. The van der Waals surface area contributed by atoms with Gasteiger partial charge in [0.1, 0.15) is 5.75 Å². The van der Waals surface area contributed by atoms with Crippen molar-refractivity contribution >= 4 is 28.9 Å². The fraction of sp³-hybridized carbons (Fsp3) is 0.286. The minimum atomic E-state index is -0.250. The van der Waals surface area contributed by atoms with Crippen LogP contribution in [0.15, 0.2) is 34.2 Å². The van der Waals surface area contributed by atoms with E-state index in [1.165, 1.54) is 11.8 Å². The molecule has 0 unspecified atom stereocenters. The molecule has 6 heteroatoms. The minimum Gasteiger partial charge on any atom is -0.507 e. The first kappa shape index (κ1) is 13.2. The molecule has 0 atom stereocenters. The summed E-state index contributed by atoms with van der Waals surface area (Å²) < 4.78 is 5.29. The average Bonchev–Trinajstić information content (AvgIpc) is 2.84. The Morgan fingerprint density at radius 1 is 1.30 bits per heavy atom. The van der Waals surface area contributed by atoms with E-state index in [9.17, 15) is 9.90 Å². The van der Waals surface area contributed by atoms with Crippen molar-refractivity contribution in [3.63, 3.8) is 0 Å². The fourth-order valence-corrected chi connectivity index (χ4v) is 2.99. The van der Waals surface area contributed by atoms with Crippen molar-refractivity contribution in [1.82, 2.24) is 4.90 Å². The van der Waals surface area contributed by atoms with Gasteiger partial charge in [-0.05, 0) is 23.9 Å². The summed E-state index contributed by atoms with van der Waals surface area (Å²) in [5.74, 6) is -0.0898. The highest BCUT2D eigenvalue weighted by atomic mass is 32.2. The van der Waals surface area contributed by atoms with Crippen molar-refractivity contribution < 1.29 is 14.6 Å². The number of carbonyl (C=O) groups excluding carboxylic acids is 1. The first-order valence-electron chi connectivity index (χ1n) is 6.37. The van der Waals surface area contributed by atoms with Crippen molar-refractivity contribution in [2.45, 2.75) is 0 Å². The third-order valence-corrected chi connectivity index (χ3v) is 4.16. The van der Waals surface area contributed by atoms with Crippen LogP contribution in [-0.2, 0) is 9.53 Å². The van der Waals surface area contributed by atoms with Gasteiger partial charge in [-0.2, -0.15) is 4.99 Å². The predicted octanol–water partition coefficient (Wildman–Crippen LogP) is 1.69. The molecule has 2 heterocycles. The van der Waals surface area contributed by atoms with Gasteiger partial charge in [-0.3, -0.25) is 4.79 Å². The van der Waals surface area contributed by atoms with Gasteiger partial charge in [0.25, 0.3) is 5.91 Å². The van der Waals surface area contributed by atoms with Gasteiger partial charge >= 0.3 is 0 Å². The number of para-hydroxylation sites is 1. The van der Waals surface area contributed by atoms with E-state index in [-0.39, 0.29) is 11.7 Å². The summed E-state index contributed by atoms with van der Waals surface area (Å²) in [5, 5.41) is 10.5. The Morgan fingerprint density at radius 3 is 2.80 bits per heavy atom. The lowest BCUT2D eigenvalue weighted by Crippen LogP contribution is -2.38. The Kier molecular flexibility index (Phi) is 3.75. The Hall–Kier alpha value is -1.79. The van der Waals surface area contributed by atoms with Crippen LogP contribution in [0, 0.1) is 0 Å². The molecule has 0 radical (unpaired) electrons. The molecule has 2 aliphatic heterocycles. The standard InChI is InChI=1S/C14H14N2O3S/c17-11-4-2-1-3-10(11)9-12-13(18)15-14(20-12)16-5-7-19-8-6-16/h1-4,9,17H,5-8H2/b12-9-. The molecule has 1 aromatic carbocycles. The molecular weight excluding hydrogens is 276 g/mol. The van der Waals surface area contributed by atoms with Gasteiger partial charge in [-0.1, -0.05) is 18.2 Å². The van der Waals surface area contributed by atoms with E-state index in [1.807, 2.05) is 6.07 Å². The number of morpholine rings is 1. The molecule has 3 rings (SSSR count). The van der Waals surface area contributed by atoms with E-state index >= 15 is 0 Å². The molecule has 2 aliphatic rings. The van der Waals surface area contributed by atoms with Gasteiger partial charge in [0, 0.05) is 18.7 Å². The van der Waals surface area contributed by atoms with E-state index in [0.717, 1.165) is 18.3 Å². The second-order valence-electron chi connectivity index (χ2n) is 4.47. The molecule has 0 bridgehead atoms. The number of carbonyl (C=O) groups is 1. The lowest BCUT2D eigenvalue weighted by molar-refractivity contribution is -0.113. The molecule has 104 valence electrons. The van der Waals surface area contributed by atoms with Gasteiger partial charge in [-0.15, -0.1) is 0 Å². The van der Waals surface area contributed by atoms with Gasteiger partial charge in [0.15, 0.2) is 5.17 Å². The zero-order valence-electron chi connectivity index (χ0n) is 10.8. The second-order valence-corrected chi connectivity index (χ2v) is 5.48. The molecule has 1 aromatic rings. The van der Waals surface area contributed by atoms with Crippen LogP contribution in [0.1, 0.15) is 5.56 Å². The zero-order valence-corrected chi connectivity index (χ0v) is 11.6. The molecule has 0 aliphatic carbocycles. The molecule has 1 saturated heterocycles. The number of hydrogen-bond donors (Lipinski definition) is 1. The van der Waals surface area contributed by atoms with Crippen LogP contribution in [0.25, 0.3) is 6.08 Å². The number of thioether (sulfide) groups is 1. The normalized spacial score (nSPS) is 21.4. The molecular formula is C14H14N2O3S. The van der Waals surface area contributed by atoms with Crippen LogP contribution in [0.4, 0.5) is 0 Å². The molecule has 0 spiro atoms. The molecule has 1 N–H and O–H groups in total. The average molecular weight is 290 g/mol. The maximum atomic E-state index is 11.9. The van der Waals surface area contributed by atoms with E-state index in [2.05, 4.69) is 9.89 Å². The summed E-state index contributed by atoms with van der Waals surface area (Å²) in [6.45, 7) is 2.82. The van der Waals surface area contributed by atoms with Gasteiger partial charge in [0.2, 0.25) is 0 Å². The summed E-state index contributed by atoms with van der Waals surface area (Å²) >= 11 is 1.35. The molecule has 0 aromatic heterocycles. The Labute approximate surface area is 120 Å². The summed E-state index contributed by atoms with van der Waals surface area (Å²) in [6, 6.07) is 6.93. The highest BCUT2D eigenvalue weighted by Crippen LogP contribution is 2.32. The second kappa shape index (κ2) is 5.68. The van der Waals surface area contributed by atoms with Crippen LogP contribution in [0.5, 0.6) is 5.75 Å². The summed E-state index contributed by atoms with van der Waals surface area (Å²) in [5.41, 5.74) is 0.627. The first-order valence-corrected chi connectivity index (χ1v) is 7.19. The predicted molar refractivity (Wildman–Crippen MR) is 78.5 cm³/mol. The number of rotatable bonds is 1.